The van der Waals surface area contributed by atoms with Crippen LogP contribution in [0.4, 0.5) is 4.79 Å². The Morgan fingerprint density at radius 3 is 2.68 bits per heavy atom. The highest BCUT2D eigenvalue weighted by Gasteiger charge is 2.17. The minimum atomic E-state index is -1.03. The zero-order chi connectivity index (χ0) is 14.4. The van der Waals surface area contributed by atoms with E-state index in [1.807, 2.05) is 13.0 Å². The first-order valence-corrected chi connectivity index (χ1v) is 6.34. The quantitative estimate of drug-likeness (QED) is 0.873. The normalized spacial score (nSPS) is 11.7. The molecule has 2 amide bonds. The van der Waals surface area contributed by atoms with Crippen molar-refractivity contribution >= 4 is 23.6 Å². The smallest absolute Gasteiger partial charge is 0.323 e. The summed E-state index contributed by atoms with van der Waals surface area (Å²) in [6.07, 6.45) is 0. The lowest BCUT2D eigenvalue weighted by Gasteiger charge is -2.22. The maximum absolute atomic E-state index is 11.9. The van der Waals surface area contributed by atoms with Crippen LogP contribution in [0.25, 0.3) is 0 Å². The Labute approximate surface area is 117 Å². The highest BCUT2D eigenvalue weighted by atomic mass is 35.5. The van der Waals surface area contributed by atoms with Gasteiger partial charge in [0.25, 0.3) is 0 Å². The van der Waals surface area contributed by atoms with E-state index in [1.54, 1.807) is 25.1 Å². The van der Waals surface area contributed by atoms with E-state index in [0.717, 1.165) is 5.56 Å². The molecular weight excluding hydrogens is 268 g/mol. The van der Waals surface area contributed by atoms with E-state index in [9.17, 15) is 9.59 Å². The molecule has 1 atom stereocenters. The van der Waals surface area contributed by atoms with Gasteiger partial charge < -0.3 is 15.3 Å². The Balaban J connectivity index is 2.67. The van der Waals surface area contributed by atoms with Crippen molar-refractivity contribution in [2.24, 2.45) is 0 Å². The van der Waals surface area contributed by atoms with Crippen LogP contribution >= 0.6 is 11.6 Å². The molecule has 0 spiro atoms. The van der Waals surface area contributed by atoms with E-state index < -0.39 is 12.0 Å². The van der Waals surface area contributed by atoms with Gasteiger partial charge >= 0.3 is 12.0 Å². The lowest BCUT2D eigenvalue weighted by molar-refractivity contribution is -0.137. The number of halogens is 1. The van der Waals surface area contributed by atoms with Crippen molar-refractivity contribution in [1.82, 2.24) is 10.2 Å². The molecule has 1 aromatic carbocycles. The molecule has 1 aromatic rings. The Morgan fingerprint density at radius 2 is 2.16 bits per heavy atom. The van der Waals surface area contributed by atoms with Gasteiger partial charge in [0.15, 0.2) is 0 Å². The fourth-order valence-electron chi connectivity index (χ4n) is 1.63. The number of rotatable bonds is 5. The van der Waals surface area contributed by atoms with Crippen LogP contribution in [0.15, 0.2) is 24.3 Å². The number of hydrogen-bond donors (Lipinski definition) is 2. The predicted octanol–water partition coefficient (Wildman–Crippen LogP) is 2.52. The number of hydrogen-bond acceptors (Lipinski definition) is 2. The maximum atomic E-state index is 11.9. The molecule has 19 heavy (non-hydrogen) atoms. The van der Waals surface area contributed by atoms with Gasteiger partial charge in [-0.25, -0.2) is 4.79 Å². The van der Waals surface area contributed by atoms with Gasteiger partial charge in [-0.3, -0.25) is 4.79 Å². The third-order valence-corrected chi connectivity index (χ3v) is 2.92. The zero-order valence-corrected chi connectivity index (χ0v) is 11.6. The Bertz CT molecular complexity index is 465. The SMILES string of the molecule is CCN(CC(=O)O)C(=O)NC(C)c1cccc(Cl)c1. The molecule has 1 unspecified atom stereocenters. The van der Waals surface area contributed by atoms with Gasteiger partial charge in [-0.1, -0.05) is 23.7 Å². The number of carbonyl (C=O) groups is 2. The molecule has 0 saturated carbocycles. The molecule has 0 saturated heterocycles. The van der Waals surface area contributed by atoms with Crippen molar-refractivity contribution in [1.29, 1.82) is 0 Å². The van der Waals surface area contributed by atoms with E-state index in [0.29, 0.717) is 11.6 Å². The number of likely N-dealkylation sites (N-methyl/N-ethyl adjacent to an activating group) is 1. The number of carbonyl (C=O) groups excluding carboxylic acids is 1. The zero-order valence-electron chi connectivity index (χ0n) is 10.9. The number of nitrogens with one attached hydrogen (secondary N) is 1. The standard InChI is InChI=1S/C13H17ClN2O3/c1-3-16(8-12(17)18)13(19)15-9(2)10-5-4-6-11(14)7-10/h4-7,9H,3,8H2,1-2H3,(H,15,19)(H,17,18). The Hall–Kier alpha value is -1.75. The highest BCUT2D eigenvalue weighted by Crippen LogP contribution is 2.17. The van der Waals surface area contributed by atoms with Crippen LogP contribution in [0.5, 0.6) is 0 Å². The molecule has 0 fully saturated rings. The van der Waals surface area contributed by atoms with Crippen LogP contribution in [-0.4, -0.2) is 35.1 Å². The van der Waals surface area contributed by atoms with E-state index in [-0.39, 0.29) is 12.6 Å². The number of benzene rings is 1. The lowest BCUT2D eigenvalue weighted by Crippen LogP contribution is -2.43. The van der Waals surface area contributed by atoms with Crippen molar-refractivity contribution in [2.45, 2.75) is 19.9 Å². The van der Waals surface area contributed by atoms with Gasteiger partial charge in [-0.05, 0) is 31.5 Å². The minimum Gasteiger partial charge on any atom is -0.480 e. The third-order valence-electron chi connectivity index (χ3n) is 2.68. The van der Waals surface area contributed by atoms with Gasteiger partial charge in [0.1, 0.15) is 6.54 Å². The van der Waals surface area contributed by atoms with Crippen LogP contribution in [0.1, 0.15) is 25.5 Å². The predicted molar refractivity (Wildman–Crippen MR) is 73.3 cm³/mol. The molecule has 6 heteroatoms. The first kappa shape index (κ1) is 15.3. The van der Waals surface area contributed by atoms with E-state index in [2.05, 4.69) is 5.32 Å². The summed E-state index contributed by atoms with van der Waals surface area (Å²) in [4.78, 5) is 23.8. The highest BCUT2D eigenvalue weighted by molar-refractivity contribution is 6.30. The van der Waals surface area contributed by atoms with E-state index >= 15 is 0 Å². The number of urea groups is 1. The largest absolute Gasteiger partial charge is 0.480 e. The van der Waals surface area contributed by atoms with Crippen LogP contribution in [0, 0.1) is 0 Å². The van der Waals surface area contributed by atoms with Gasteiger partial charge in [-0.2, -0.15) is 0 Å². The number of amides is 2. The van der Waals surface area contributed by atoms with Crippen LogP contribution in [0.2, 0.25) is 5.02 Å². The second kappa shape index (κ2) is 6.99. The van der Waals surface area contributed by atoms with Crippen LogP contribution in [-0.2, 0) is 4.79 Å². The van der Waals surface area contributed by atoms with Crippen molar-refractivity contribution in [3.8, 4) is 0 Å². The summed E-state index contributed by atoms with van der Waals surface area (Å²) in [6, 6.07) is 6.52. The average Bonchev–Trinajstić information content (AvgIpc) is 2.35. The van der Waals surface area contributed by atoms with Crippen molar-refractivity contribution < 1.29 is 14.7 Å². The summed E-state index contributed by atoms with van der Waals surface area (Å²) in [5.74, 6) is -1.03. The van der Waals surface area contributed by atoms with Gasteiger partial charge in [0.2, 0.25) is 0 Å². The van der Waals surface area contributed by atoms with Crippen molar-refractivity contribution in [3.05, 3.63) is 34.9 Å². The molecule has 0 aliphatic rings. The molecule has 0 aliphatic carbocycles. The monoisotopic (exact) mass is 284 g/mol. The summed E-state index contributed by atoms with van der Waals surface area (Å²) in [7, 11) is 0. The molecule has 104 valence electrons. The molecule has 1 rings (SSSR count). The van der Waals surface area contributed by atoms with Crippen molar-refractivity contribution in [2.75, 3.05) is 13.1 Å². The molecule has 2 N–H and O–H groups in total. The summed E-state index contributed by atoms with van der Waals surface area (Å²) >= 11 is 5.88. The molecule has 0 heterocycles. The van der Waals surface area contributed by atoms with Gasteiger partial charge in [0.05, 0.1) is 6.04 Å². The first-order valence-electron chi connectivity index (χ1n) is 5.96. The number of aliphatic carboxylic acids is 1. The molecule has 5 nitrogen and oxygen atoms in total. The second-order valence-corrected chi connectivity index (χ2v) is 4.57. The van der Waals surface area contributed by atoms with Gasteiger partial charge in [0, 0.05) is 11.6 Å². The summed E-state index contributed by atoms with van der Waals surface area (Å²) in [5.41, 5.74) is 0.868. The number of carboxylic acids is 1. The van der Waals surface area contributed by atoms with Gasteiger partial charge in [-0.15, -0.1) is 0 Å². The summed E-state index contributed by atoms with van der Waals surface area (Å²) < 4.78 is 0. The first-order chi connectivity index (χ1) is 8.93. The Kier molecular flexibility index (Phi) is 5.63. The third kappa shape index (κ3) is 4.79. The second-order valence-electron chi connectivity index (χ2n) is 4.13. The summed E-state index contributed by atoms with van der Waals surface area (Å²) in [6.45, 7) is 3.57. The Morgan fingerprint density at radius 1 is 1.47 bits per heavy atom. The maximum Gasteiger partial charge on any atom is 0.323 e. The molecule has 0 aromatic heterocycles. The van der Waals surface area contributed by atoms with E-state index in [4.69, 9.17) is 16.7 Å². The van der Waals surface area contributed by atoms with Crippen LogP contribution in [0.3, 0.4) is 0 Å². The molecule has 0 bridgehead atoms. The molecule has 0 aliphatic heterocycles. The average molecular weight is 285 g/mol. The fraction of sp³-hybridized carbons (Fsp3) is 0.385. The minimum absolute atomic E-state index is 0.242. The van der Waals surface area contributed by atoms with Crippen LogP contribution < -0.4 is 5.32 Å². The topological polar surface area (TPSA) is 69.6 Å². The number of nitrogens with zero attached hydrogens (tertiary/aromatic N) is 1. The molecular formula is C13H17ClN2O3. The fourth-order valence-corrected chi connectivity index (χ4v) is 1.82. The number of carboxylic acid groups (broad SMARTS) is 1. The lowest BCUT2D eigenvalue weighted by atomic mass is 10.1. The summed E-state index contributed by atoms with van der Waals surface area (Å²) in [5, 5.41) is 12.1. The molecule has 0 radical (unpaired) electrons. The van der Waals surface area contributed by atoms with Crippen molar-refractivity contribution in [3.63, 3.8) is 0 Å². The van der Waals surface area contributed by atoms with E-state index in [1.165, 1.54) is 4.90 Å².